The minimum Gasteiger partial charge on any atom is -0.346 e. The molecule has 0 radical (unpaired) electrons. The summed E-state index contributed by atoms with van der Waals surface area (Å²) in [6.07, 6.45) is 1.39. The van der Waals surface area contributed by atoms with E-state index in [1.165, 1.54) is 6.33 Å². The van der Waals surface area contributed by atoms with Crippen molar-refractivity contribution in [2.75, 3.05) is 5.32 Å². The van der Waals surface area contributed by atoms with Crippen LogP contribution in [0, 0.1) is 13.8 Å². The minimum atomic E-state index is -0.303. The van der Waals surface area contributed by atoms with Gasteiger partial charge < -0.3 is 10.6 Å². The summed E-state index contributed by atoms with van der Waals surface area (Å²) in [5, 5.41) is 6.13. The maximum Gasteiger partial charge on any atom is 0.270 e. The first-order valence-electron chi connectivity index (χ1n) is 7.23. The molecule has 5 heteroatoms. The van der Waals surface area contributed by atoms with Gasteiger partial charge in [-0.3, -0.25) is 4.79 Å². The quantitative estimate of drug-likeness (QED) is 0.911. The van der Waals surface area contributed by atoms with Crippen molar-refractivity contribution >= 4 is 17.4 Å². The Balaban J connectivity index is 2.22. The predicted molar refractivity (Wildman–Crippen MR) is 88.4 cm³/mol. The molecule has 1 heterocycles. The molecule has 0 atom stereocenters. The fourth-order valence-corrected chi connectivity index (χ4v) is 1.96. The van der Waals surface area contributed by atoms with Crippen molar-refractivity contribution in [1.82, 2.24) is 15.3 Å². The number of rotatable bonds is 3. The number of aryl methyl sites for hydroxylation is 2. The van der Waals surface area contributed by atoms with Crippen LogP contribution in [0.1, 0.15) is 42.4 Å². The number of hydrogen-bond acceptors (Lipinski definition) is 4. The lowest BCUT2D eigenvalue weighted by molar-refractivity contribution is 0.0914. The summed E-state index contributed by atoms with van der Waals surface area (Å²) in [7, 11) is 0. The van der Waals surface area contributed by atoms with Gasteiger partial charge in [-0.25, -0.2) is 9.97 Å². The van der Waals surface area contributed by atoms with Gasteiger partial charge in [-0.2, -0.15) is 0 Å². The molecule has 2 rings (SSSR count). The molecule has 0 unspecified atom stereocenters. The van der Waals surface area contributed by atoms with Gasteiger partial charge in [0.05, 0.1) is 0 Å². The highest BCUT2D eigenvalue weighted by Gasteiger charge is 2.16. The van der Waals surface area contributed by atoms with E-state index in [2.05, 4.69) is 26.7 Å². The monoisotopic (exact) mass is 298 g/mol. The van der Waals surface area contributed by atoms with Crippen LogP contribution in [0.25, 0.3) is 0 Å². The fraction of sp³-hybridized carbons (Fsp3) is 0.353. The number of aromatic nitrogens is 2. The van der Waals surface area contributed by atoms with Crippen LogP contribution in [0.3, 0.4) is 0 Å². The third kappa shape index (κ3) is 4.28. The highest BCUT2D eigenvalue weighted by atomic mass is 16.2. The smallest absolute Gasteiger partial charge is 0.270 e. The number of carbonyl (C=O) groups excluding carboxylic acids is 1. The van der Waals surface area contributed by atoms with E-state index < -0.39 is 0 Å². The zero-order valence-electron chi connectivity index (χ0n) is 13.7. The second-order valence-electron chi connectivity index (χ2n) is 6.44. The van der Waals surface area contributed by atoms with Gasteiger partial charge in [-0.1, -0.05) is 12.1 Å². The molecule has 0 fully saturated rings. The van der Waals surface area contributed by atoms with Gasteiger partial charge >= 0.3 is 0 Å². The molecule has 2 aromatic rings. The van der Waals surface area contributed by atoms with Crippen molar-refractivity contribution in [2.24, 2.45) is 0 Å². The minimum absolute atomic E-state index is 0.209. The van der Waals surface area contributed by atoms with Crippen molar-refractivity contribution in [1.29, 1.82) is 0 Å². The second-order valence-corrected chi connectivity index (χ2v) is 6.44. The Hall–Kier alpha value is -2.43. The molecular weight excluding hydrogens is 276 g/mol. The summed E-state index contributed by atoms with van der Waals surface area (Å²) in [6, 6.07) is 7.81. The van der Waals surface area contributed by atoms with Crippen LogP contribution in [0.5, 0.6) is 0 Å². The van der Waals surface area contributed by atoms with Crippen LogP contribution in [0.4, 0.5) is 11.5 Å². The van der Waals surface area contributed by atoms with E-state index in [9.17, 15) is 4.79 Å². The van der Waals surface area contributed by atoms with Crippen molar-refractivity contribution in [3.05, 3.63) is 47.4 Å². The molecule has 2 N–H and O–H groups in total. The van der Waals surface area contributed by atoms with Crippen LogP contribution >= 0.6 is 0 Å². The zero-order valence-corrected chi connectivity index (χ0v) is 13.7. The Morgan fingerprint density at radius 3 is 2.50 bits per heavy atom. The Labute approximate surface area is 131 Å². The van der Waals surface area contributed by atoms with Crippen LogP contribution in [0.15, 0.2) is 30.6 Å². The number of anilines is 2. The van der Waals surface area contributed by atoms with Crippen LogP contribution in [-0.4, -0.2) is 21.4 Å². The van der Waals surface area contributed by atoms with E-state index in [1.807, 2.05) is 46.8 Å². The molecule has 1 amide bonds. The first kappa shape index (κ1) is 15.9. The summed E-state index contributed by atoms with van der Waals surface area (Å²) in [6.45, 7) is 9.85. The fourth-order valence-electron chi connectivity index (χ4n) is 1.96. The lowest BCUT2D eigenvalue weighted by Gasteiger charge is -2.20. The maximum atomic E-state index is 12.2. The van der Waals surface area contributed by atoms with Gasteiger partial charge in [0.15, 0.2) is 0 Å². The Morgan fingerprint density at radius 2 is 1.82 bits per heavy atom. The van der Waals surface area contributed by atoms with Crippen molar-refractivity contribution in [2.45, 2.75) is 40.2 Å². The third-order valence-electron chi connectivity index (χ3n) is 3.04. The van der Waals surface area contributed by atoms with Gasteiger partial charge in [-0.15, -0.1) is 0 Å². The Morgan fingerprint density at radius 1 is 1.09 bits per heavy atom. The van der Waals surface area contributed by atoms with E-state index in [0.717, 1.165) is 16.8 Å². The van der Waals surface area contributed by atoms with Crippen molar-refractivity contribution < 1.29 is 4.79 Å². The second kappa shape index (κ2) is 6.13. The topological polar surface area (TPSA) is 66.9 Å². The highest BCUT2D eigenvalue weighted by Crippen LogP contribution is 2.20. The predicted octanol–water partition coefficient (Wildman–Crippen LogP) is 3.37. The number of nitrogens with zero attached hydrogens (tertiary/aromatic N) is 2. The number of amides is 1. The molecule has 5 nitrogen and oxygen atoms in total. The van der Waals surface area contributed by atoms with Gasteiger partial charge in [0.1, 0.15) is 17.8 Å². The number of nitrogens with one attached hydrogen (secondary N) is 2. The summed E-state index contributed by atoms with van der Waals surface area (Å²) >= 11 is 0. The summed E-state index contributed by atoms with van der Waals surface area (Å²) in [5.74, 6) is 0.390. The summed E-state index contributed by atoms with van der Waals surface area (Å²) < 4.78 is 0. The molecule has 116 valence electrons. The van der Waals surface area contributed by atoms with E-state index in [0.29, 0.717) is 11.5 Å². The van der Waals surface area contributed by atoms with Crippen molar-refractivity contribution in [3.63, 3.8) is 0 Å². The molecule has 0 aliphatic heterocycles. The van der Waals surface area contributed by atoms with E-state index >= 15 is 0 Å². The average Bonchev–Trinajstić information content (AvgIpc) is 2.41. The van der Waals surface area contributed by atoms with Gasteiger partial charge in [-0.05, 0) is 51.8 Å². The Kier molecular flexibility index (Phi) is 4.45. The largest absolute Gasteiger partial charge is 0.346 e. The Bertz CT molecular complexity index is 689. The van der Waals surface area contributed by atoms with Gasteiger partial charge in [0.2, 0.25) is 0 Å². The first-order chi connectivity index (χ1) is 10.2. The van der Waals surface area contributed by atoms with E-state index in [-0.39, 0.29) is 11.4 Å². The average molecular weight is 298 g/mol. The highest BCUT2D eigenvalue weighted by molar-refractivity contribution is 5.93. The first-order valence-corrected chi connectivity index (χ1v) is 7.23. The van der Waals surface area contributed by atoms with E-state index in [4.69, 9.17) is 0 Å². The molecule has 0 aliphatic carbocycles. The molecule has 0 saturated heterocycles. The molecular formula is C17H22N4O. The van der Waals surface area contributed by atoms with Crippen molar-refractivity contribution in [3.8, 4) is 0 Å². The van der Waals surface area contributed by atoms with Gasteiger partial charge in [0.25, 0.3) is 5.91 Å². The van der Waals surface area contributed by atoms with Crippen LogP contribution in [0.2, 0.25) is 0 Å². The van der Waals surface area contributed by atoms with Crippen LogP contribution in [-0.2, 0) is 0 Å². The summed E-state index contributed by atoms with van der Waals surface area (Å²) in [4.78, 5) is 20.4. The third-order valence-corrected chi connectivity index (χ3v) is 3.04. The molecule has 0 aliphatic rings. The van der Waals surface area contributed by atoms with E-state index in [1.54, 1.807) is 6.07 Å². The molecule has 1 aromatic heterocycles. The lowest BCUT2D eigenvalue weighted by atomic mass is 10.1. The van der Waals surface area contributed by atoms with Crippen LogP contribution < -0.4 is 10.6 Å². The summed E-state index contributed by atoms with van der Waals surface area (Å²) in [5.41, 5.74) is 3.29. The molecule has 22 heavy (non-hydrogen) atoms. The SMILES string of the molecule is Cc1ccc(C)c(Nc2cc(C(=O)NC(C)(C)C)ncn2)c1. The lowest BCUT2D eigenvalue weighted by Crippen LogP contribution is -2.40. The molecule has 0 bridgehead atoms. The standard InChI is InChI=1S/C17H22N4O/c1-11-6-7-12(2)13(8-11)20-15-9-14(18-10-19-15)16(22)21-17(3,4)5/h6-10H,1-5H3,(H,21,22)(H,18,19,20). The normalized spacial score (nSPS) is 11.1. The molecule has 1 aromatic carbocycles. The van der Waals surface area contributed by atoms with Gasteiger partial charge in [0, 0.05) is 17.3 Å². The number of benzene rings is 1. The number of carbonyl (C=O) groups is 1. The molecule has 0 spiro atoms. The molecule has 0 saturated carbocycles. The number of hydrogen-bond donors (Lipinski definition) is 2. The maximum absolute atomic E-state index is 12.2. The zero-order chi connectivity index (χ0) is 16.3.